The third kappa shape index (κ3) is 11.2. The minimum atomic E-state index is 0.906. The van der Waals surface area contributed by atoms with Gasteiger partial charge in [0.15, 0.2) is 0 Å². The summed E-state index contributed by atoms with van der Waals surface area (Å²) < 4.78 is 0. The number of hydrogen-bond donors (Lipinski definition) is 0. The van der Waals surface area contributed by atoms with Crippen molar-refractivity contribution in [1.82, 2.24) is 0 Å². The summed E-state index contributed by atoms with van der Waals surface area (Å²) in [6, 6.07) is 0. The number of hydrogen-bond acceptors (Lipinski definition) is 2. The summed E-state index contributed by atoms with van der Waals surface area (Å²) in [5, 5.41) is 0. The molecule has 0 amide bonds. The van der Waals surface area contributed by atoms with E-state index >= 15 is 0 Å². The van der Waals surface area contributed by atoms with E-state index < -0.39 is 0 Å². The van der Waals surface area contributed by atoms with Crippen LogP contribution in [0.2, 0.25) is 0 Å². The second-order valence-electron chi connectivity index (χ2n) is 5.06. The minimum absolute atomic E-state index is 0.906. The SMILES string of the molecule is CCCCC(C)CSSCC(C)CCCC. The van der Waals surface area contributed by atoms with Crippen LogP contribution in [0, 0.1) is 11.8 Å². The zero-order valence-electron chi connectivity index (χ0n) is 11.6. The maximum Gasteiger partial charge on any atom is 0.00626 e. The molecule has 2 unspecified atom stereocenters. The van der Waals surface area contributed by atoms with Gasteiger partial charge < -0.3 is 0 Å². The predicted octanol–water partition coefficient (Wildman–Crippen LogP) is 6.02. The Morgan fingerprint density at radius 1 is 0.750 bits per heavy atom. The van der Waals surface area contributed by atoms with E-state index in [2.05, 4.69) is 49.3 Å². The van der Waals surface area contributed by atoms with E-state index in [4.69, 9.17) is 0 Å². The Kier molecular flexibility index (Phi) is 12.7. The third-order valence-electron chi connectivity index (χ3n) is 2.89. The van der Waals surface area contributed by atoms with Crippen LogP contribution in [-0.4, -0.2) is 11.5 Å². The minimum Gasteiger partial charge on any atom is -0.0939 e. The van der Waals surface area contributed by atoms with Gasteiger partial charge in [-0.1, -0.05) is 75.0 Å². The fourth-order valence-corrected chi connectivity index (χ4v) is 4.56. The lowest BCUT2D eigenvalue weighted by Crippen LogP contribution is -1.99. The first-order valence-electron chi connectivity index (χ1n) is 6.95. The molecule has 0 aliphatic carbocycles. The van der Waals surface area contributed by atoms with Crippen LogP contribution < -0.4 is 0 Å². The first-order valence-corrected chi connectivity index (χ1v) is 9.43. The lowest BCUT2D eigenvalue weighted by atomic mass is 10.1. The van der Waals surface area contributed by atoms with Crippen molar-refractivity contribution in [1.29, 1.82) is 0 Å². The quantitative estimate of drug-likeness (QED) is 0.330. The van der Waals surface area contributed by atoms with Gasteiger partial charge in [0.05, 0.1) is 0 Å². The van der Waals surface area contributed by atoms with Crippen molar-refractivity contribution < 1.29 is 0 Å². The van der Waals surface area contributed by atoms with Gasteiger partial charge in [0.25, 0.3) is 0 Å². The normalized spacial score (nSPS) is 15.0. The first kappa shape index (κ1) is 16.7. The van der Waals surface area contributed by atoms with Crippen molar-refractivity contribution in [2.24, 2.45) is 11.8 Å². The molecule has 0 bridgehead atoms. The molecule has 0 aliphatic rings. The van der Waals surface area contributed by atoms with E-state index in [0.29, 0.717) is 0 Å². The monoisotopic (exact) mass is 262 g/mol. The molecule has 0 saturated carbocycles. The topological polar surface area (TPSA) is 0 Å². The summed E-state index contributed by atoms with van der Waals surface area (Å²) in [5.74, 6) is 4.49. The Bertz CT molecular complexity index is 121. The molecular formula is C14H30S2. The third-order valence-corrected chi connectivity index (χ3v) is 5.78. The smallest absolute Gasteiger partial charge is 0.00626 e. The molecule has 16 heavy (non-hydrogen) atoms. The zero-order chi connectivity index (χ0) is 12.2. The molecule has 0 nitrogen and oxygen atoms in total. The molecule has 0 aromatic rings. The van der Waals surface area contributed by atoms with E-state index in [1.54, 1.807) is 0 Å². The van der Waals surface area contributed by atoms with Gasteiger partial charge in [0, 0.05) is 11.5 Å². The van der Waals surface area contributed by atoms with Gasteiger partial charge in [-0.25, -0.2) is 0 Å². The average molecular weight is 263 g/mol. The van der Waals surface area contributed by atoms with E-state index in [1.165, 1.54) is 50.0 Å². The highest BCUT2D eigenvalue weighted by Crippen LogP contribution is 2.28. The van der Waals surface area contributed by atoms with E-state index in [9.17, 15) is 0 Å². The van der Waals surface area contributed by atoms with Crippen LogP contribution in [0.1, 0.15) is 66.2 Å². The van der Waals surface area contributed by atoms with Crippen molar-refractivity contribution in [3.63, 3.8) is 0 Å². The van der Waals surface area contributed by atoms with Crippen LogP contribution in [0.25, 0.3) is 0 Å². The molecule has 0 rings (SSSR count). The lowest BCUT2D eigenvalue weighted by Gasteiger charge is -2.12. The highest BCUT2D eigenvalue weighted by molar-refractivity contribution is 8.76. The molecule has 0 N–H and O–H groups in total. The van der Waals surface area contributed by atoms with Gasteiger partial charge in [0.1, 0.15) is 0 Å². The molecule has 0 aromatic heterocycles. The van der Waals surface area contributed by atoms with Gasteiger partial charge in [0.2, 0.25) is 0 Å². The molecule has 2 atom stereocenters. The largest absolute Gasteiger partial charge is 0.0939 e. The Balaban J connectivity index is 3.24. The van der Waals surface area contributed by atoms with Crippen LogP contribution in [0.4, 0.5) is 0 Å². The Hall–Kier alpha value is 0.700. The Morgan fingerprint density at radius 3 is 1.44 bits per heavy atom. The van der Waals surface area contributed by atoms with Crippen LogP contribution in [-0.2, 0) is 0 Å². The molecule has 0 radical (unpaired) electrons. The second kappa shape index (κ2) is 12.2. The molecule has 0 fully saturated rings. The van der Waals surface area contributed by atoms with E-state index in [-0.39, 0.29) is 0 Å². The van der Waals surface area contributed by atoms with Crippen molar-refractivity contribution in [3.05, 3.63) is 0 Å². The van der Waals surface area contributed by atoms with Gasteiger partial charge in [-0.05, 0) is 24.7 Å². The first-order chi connectivity index (χ1) is 7.70. The van der Waals surface area contributed by atoms with Crippen LogP contribution in [0.3, 0.4) is 0 Å². The van der Waals surface area contributed by atoms with Gasteiger partial charge >= 0.3 is 0 Å². The molecule has 0 saturated heterocycles. The molecule has 98 valence electrons. The van der Waals surface area contributed by atoms with Crippen molar-refractivity contribution in [2.45, 2.75) is 66.2 Å². The molecule has 2 heteroatoms. The molecule has 0 aliphatic heterocycles. The molecule has 0 spiro atoms. The standard InChI is InChI=1S/C14H30S2/c1-5-7-9-13(3)11-15-16-12-14(4)10-8-6-2/h13-14H,5-12H2,1-4H3. The van der Waals surface area contributed by atoms with Gasteiger partial charge in [-0.15, -0.1) is 0 Å². The average Bonchev–Trinajstić information content (AvgIpc) is 2.29. The highest BCUT2D eigenvalue weighted by atomic mass is 33.1. The number of rotatable bonds is 11. The number of unbranched alkanes of at least 4 members (excludes halogenated alkanes) is 2. The van der Waals surface area contributed by atoms with E-state index in [0.717, 1.165) is 11.8 Å². The lowest BCUT2D eigenvalue weighted by molar-refractivity contribution is 0.557. The summed E-state index contributed by atoms with van der Waals surface area (Å²) in [6.07, 6.45) is 8.32. The maximum atomic E-state index is 2.39. The molecular weight excluding hydrogens is 232 g/mol. The van der Waals surface area contributed by atoms with Crippen LogP contribution >= 0.6 is 21.6 Å². The zero-order valence-corrected chi connectivity index (χ0v) is 13.3. The van der Waals surface area contributed by atoms with E-state index in [1.807, 2.05) is 0 Å². The van der Waals surface area contributed by atoms with Gasteiger partial charge in [-0.3, -0.25) is 0 Å². The summed E-state index contributed by atoms with van der Waals surface area (Å²) >= 11 is 0. The second-order valence-corrected chi connectivity index (χ2v) is 7.62. The summed E-state index contributed by atoms with van der Waals surface area (Å²) in [7, 11) is 4.18. The van der Waals surface area contributed by atoms with Crippen LogP contribution in [0.15, 0.2) is 0 Å². The maximum absolute atomic E-state index is 2.39. The van der Waals surface area contributed by atoms with Crippen molar-refractivity contribution in [3.8, 4) is 0 Å². The Morgan fingerprint density at radius 2 is 1.12 bits per heavy atom. The van der Waals surface area contributed by atoms with Gasteiger partial charge in [-0.2, -0.15) is 0 Å². The van der Waals surface area contributed by atoms with Crippen molar-refractivity contribution >= 4 is 21.6 Å². The van der Waals surface area contributed by atoms with Crippen molar-refractivity contribution in [2.75, 3.05) is 11.5 Å². The fraction of sp³-hybridized carbons (Fsp3) is 1.00. The fourth-order valence-electron chi connectivity index (χ4n) is 1.60. The highest BCUT2D eigenvalue weighted by Gasteiger charge is 2.04. The molecule has 0 heterocycles. The predicted molar refractivity (Wildman–Crippen MR) is 82.3 cm³/mol. The summed E-state index contributed by atoms with van der Waals surface area (Å²) in [4.78, 5) is 0. The summed E-state index contributed by atoms with van der Waals surface area (Å²) in [6.45, 7) is 9.35. The summed E-state index contributed by atoms with van der Waals surface area (Å²) in [5.41, 5.74) is 0. The van der Waals surface area contributed by atoms with Crippen LogP contribution in [0.5, 0.6) is 0 Å². The molecule has 0 aromatic carbocycles. The Labute approximate surface area is 111 Å².